The zero-order valence-corrected chi connectivity index (χ0v) is 41.5. The number of esters is 1. The van der Waals surface area contributed by atoms with Crippen molar-refractivity contribution in [3.05, 3.63) is 42.6 Å². The average molecular weight is 888 g/mol. The Morgan fingerprint density at radius 3 is 1.52 bits per heavy atom. The molecule has 15 nitrogen and oxygen atoms in total. The lowest BCUT2D eigenvalue weighted by Gasteiger charge is -2.11. The van der Waals surface area contributed by atoms with Crippen LogP contribution in [0.25, 0.3) is 0 Å². The molecule has 0 aliphatic rings. The lowest BCUT2D eigenvalue weighted by Crippen LogP contribution is -2.31. The molecule has 0 fully saturated rings. The minimum Gasteiger partial charge on any atom is -0.461 e. The summed E-state index contributed by atoms with van der Waals surface area (Å²) in [5, 5.41) is 12.4. The van der Waals surface area contributed by atoms with E-state index in [1.807, 2.05) is 66.1 Å². The van der Waals surface area contributed by atoms with E-state index in [2.05, 4.69) is 68.0 Å². The zero-order chi connectivity index (χ0) is 48.7. The van der Waals surface area contributed by atoms with Gasteiger partial charge in [-0.1, -0.05) is 105 Å². The fourth-order valence-electron chi connectivity index (χ4n) is 3.52. The number of unbranched alkanes of at least 4 members (excludes halogenated alkanes) is 2. The van der Waals surface area contributed by atoms with Crippen molar-refractivity contribution in [1.82, 2.24) is 10.6 Å². The maximum absolute atomic E-state index is 10.5. The zero-order valence-electron chi connectivity index (χ0n) is 41.5. The summed E-state index contributed by atoms with van der Waals surface area (Å²) in [6.45, 7) is 30.3. The molecule has 2 atom stereocenters. The fraction of sp³-hybridized carbons (Fsp3) is 0.723. The number of carbonyl (C=O) groups is 4. The lowest BCUT2D eigenvalue weighted by atomic mass is 10.0. The first-order valence-electron chi connectivity index (χ1n) is 22.1. The van der Waals surface area contributed by atoms with E-state index in [0.29, 0.717) is 78.4 Å². The first kappa shape index (κ1) is 70.0. The Morgan fingerprint density at radius 2 is 1.21 bits per heavy atom. The lowest BCUT2D eigenvalue weighted by molar-refractivity contribution is -0.142. The van der Waals surface area contributed by atoms with Crippen molar-refractivity contribution >= 4 is 36.7 Å². The third-order valence-corrected chi connectivity index (χ3v) is 7.86. The van der Waals surface area contributed by atoms with E-state index >= 15 is 0 Å². The van der Waals surface area contributed by atoms with Crippen LogP contribution in [0.1, 0.15) is 114 Å². The first-order valence-corrected chi connectivity index (χ1v) is 22.1. The van der Waals surface area contributed by atoms with Gasteiger partial charge in [-0.2, -0.15) is 0 Å². The Bertz CT molecular complexity index is 1070. The van der Waals surface area contributed by atoms with Crippen molar-refractivity contribution < 1.29 is 47.7 Å². The summed E-state index contributed by atoms with van der Waals surface area (Å²) >= 11 is 0. The van der Waals surface area contributed by atoms with Crippen molar-refractivity contribution in [2.45, 2.75) is 127 Å². The van der Waals surface area contributed by atoms with Crippen molar-refractivity contribution in [1.29, 1.82) is 0 Å². The number of carbonyl (C=O) groups excluding carboxylic acids is 4. The van der Waals surface area contributed by atoms with Crippen molar-refractivity contribution in [3.63, 3.8) is 0 Å². The summed E-state index contributed by atoms with van der Waals surface area (Å²) in [6, 6.07) is 7.84. The van der Waals surface area contributed by atoms with E-state index in [9.17, 15) is 19.2 Å². The number of anilines is 1. The van der Waals surface area contributed by atoms with Gasteiger partial charge in [0.05, 0.1) is 64.9 Å². The molecule has 0 bridgehead atoms. The van der Waals surface area contributed by atoms with E-state index in [1.165, 1.54) is 26.0 Å². The molecule has 0 aliphatic carbocycles. The number of hydrogen-bond acceptors (Lipinski definition) is 15. The molecule has 0 saturated carbocycles. The molecule has 0 aliphatic heterocycles. The van der Waals surface area contributed by atoms with Crippen LogP contribution in [0.15, 0.2) is 42.2 Å². The van der Waals surface area contributed by atoms with Gasteiger partial charge >= 0.3 is 5.97 Å². The number of hydrogen-bond donors (Lipinski definition) is 4. The molecule has 5 N–H and O–H groups in total. The molecule has 1 aromatic carbocycles. The monoisotopic (exact) mass is 888 g/mol. The number of aldehydes is 3. The SMILES string of the molecule is C/C=N\OCCOCCOCCOCCOCCC=O.C=CN.CC.CC(C)C(C)C.CCCCCC(C=O)NC.CNC(C=O)C(C)C.CNc1ccc(COC(C)=O)cc1. The second-order valence-corrected chi connectivity index (χ2v) is 13.8. The minimum absolute atomic E-state index is 0.0231. The van der Waals surface area contributed by atoms with E-state index in [1.54, 1.807) is 20.2 Å². The number of likely N-dealkylation sites (N-methyl/N-ethyl adjacent to an activating group) is 2. The highest BCUT2D eigenvalue weighted by molar-refractivity contribution is 5.66. The number of rotatable bonds is 29. The minimum atomic E-state index is -0.252. The molecule has 1 rings (SSSR count). The normalized spacial score (nSPS) is 10.8. The predicted octanol–water partition coefficient (Wildman–Crippen LogP) is 7.65. The van der Waals surface area contributed by atoms with Gasteiger partial charge in [-0.3, -0.25) is 4.79 Å². The third kappa shape index (κ3) is 65.4. The van der Waals surface area contributed by atoms with Crippen molar-refractivity contribution in [2.24, 2.45) is 28.6 Å². The van der Waals surface area contributed by atoms with Gasteiger partial charge in [0, 0.05) is 32.3 Å². The Morgan fingerprint density at radius 1 is 0.742 bits per heavy atom. The number of nitrogens with zero attached hydrogens (tertiary/aromatic N) is 1. The summed E-state index contributed by atoms with van der Waals surface area (Å²) in [5.41, 5.74) is 6.65. The molecule has 62 heavy (non-hydrogen) atoms. The quantitative estimate of drug-likeness (QED) is 0.0201. The van der Waals surface area contributed by atoms with Gasteiger partial charge in [-0.15, -0.1) is 0 Å². The highest BCUT2D eigenvalue weighted by atomic mass is 16.6. The van der Waals surface area contributed by atoms with Crippen LogP contribution in [0.2, 0.25) is 0 Å². The Labute approximate surface area is 378 Å². The van der Waals surface area contributed by atoms with Crippen LogP contribution in [0.3, 0.4) is 0 Å². The van der Waals surface area contributed by atoms with Gasteiger partial charge in [0.2, 0.25) is 0 Å². The first-order chi connectivity index (χ1) is 29.8. The number of ether oxygens (including phenoxy) is 5. The predicted molar refractivity (Wildman–Crippen MR) is 258 cm³/mol. The number of benzene rings is 1. The number of nitrogens with one attached hydrogen (secondary N) is 3. The smallest absolute Gasteiger partial charge is 0.302 e. The van der Waals surface area contributed by atoms with Crippen LogP contribution in [0.4, 0.5) is 5.69 Å². The van der Waals surface area contributed by atoms with Crippen LogP contribution in [0, 0.1) is 17.8 Å². The van der Waals surface area contributed by atoms with Crippen LogP contribution < -0.4 is 21.7 Å². The van der Waals surface area contributed by atoms with Crippen molar-refractivity contribution in [2.75, 3.05) is 85.9 Å². The Balaban J connectivity index is -0.000000162. The molecule has 0 radical (unpaired) electrons. The molecule has 0 amide bonds. The molecule has 0 aromatic heterocycles. The molecular formula is C47H93N5O10. The van der Waals surface area contributed by atoms with Crippen LogP contribution in [-0.2, 0) is 54.3 Å². The largest absolute Gasteiger partial charge is 0.461 e. The molecule has 0 saturated heterocycles. The summed E-state index contributed by atoms with van der Waals surface area (Å²) in [6.07, 6.45) is 10.6. The topological polar surface area (TPSA) is 198 Å². The van der Waals surface area contributed by atoms with Crippen LogP contribution in [-0.4, -0.2) is 124 Å². The second-order valence-electron chi connectivity index (χ2n) is 13.8. The van der Waals surface area contributed by atoms with E-state index < -0.39 is 0 Å². The van der Waals surface area contributed by atoms with Gasteiger partial charge in [-0.25, -0.2) is 0 Å². The van der Waals surface area contributed by atoms with Crippen LogP contribution in [0.5, 0.6) is 0 Å². The Hall–Kier alpha value is -3.73. The molecule has 15 heteroatoms. The number of oxime groups is 1. The van der Waals surface area contributed by atoms with Crippen molar-refractivity contribution in [3.8, 4) is 0 Å². The molecular weight excluding hydrogens is 795 g/mol. The molecule has 366 valence electrons. The molecule has 1 aromatic rings. The summed E-state index contributed by atoms with van der Waals surface area (Å²) in [4.78, 5) is 45.7. The summed E-state index contributed by atoms with van der Waals surface area (Å²) in [7, 11) is 5.48. The standard InChI is InChI=1S/C13H25NO6.C10H13NO2.C8H17NO.C6H13NO.C6H14.C2H5N.C2H6/c1-2-14-20-13-12-19-11-10-18-9-8-17-7-6-16-5-3-4-15;1-8(12)13-7-9-3-5-10(11-2)6-4-9;1-3-4-5-6-8(7-10)9-2;1-5(2)6(4-8)7-3;1-5(2)6(3)4;1-2-3;1-2/h2,4H,3,5-13H2,1H3;3-6,11H,7H2,1-2H3;7-9H,3-6H2,1-2H3;4-7H,1-3H3;5-6H,1-4H3;2H,1,3H2;1-2H3/b14-2-;;;;;;. The Kier molecular flexibility index (Phi) is 69.5. The maximum Gasteiger partial charge on any atom is 0.302 e. The van der Waals surface area contributed by atoms with Gasteiger partial charge in [-0.05, 0) is 69.1 Å². The molecule has 0 heterocycles. The van der Waals surface area contributed by atoms with Gasteiger partial charge in [0.1, 0.15) is 32.1 Å². The fourth-order valence-corrected chi connectivity index (χ4v) is 3.52. The summed E-state index contributed by atoms with van der Waals surface area (Å²) < 4.78 is 25.8. The highest BCUT2D eigenvalue weighted by Gasteiger charge is 2.07. The van der Waals surface area contributed by atoms with Gasteiger partial charge < -0.3 is 64.6 Å². The van der Waals surface area contributed by atoms with Gasteiger partial charge in [0.25, 0.3) is 0 Å². The van der Waals surface area contributed by atoms with E-state index in [0.717, 1.165) is 54.8 Å². The maximum atomic E-state index is 10.5. The van der Waals surface area contributed by atoms with Gasteiger partial charge in [0.15, 0.2) is 0 Å². The second kappa shape index (κ2) is 61.6. The molecule has 2 unspecified atom stereocenters. The number of nitrogens with two attached hydrogens (primary N) is 1. The average Bonchev–Trinajstić information content (AvgIpc) is 3.26. The summed E-state index contributed by atoms with van der Waals surface area (Å²) in [5.74, 6) is 1.85. The molecule has 0 spiro atoms. The highest BCUT2D eigenvalue weighted by Crippen LogP contribution is 2.09. The van der Waals surface area contributed by atoms with E-state index in [-0.39, 0.29) is 18.1 Å². The van der Waals surface area contributed by atoms with E-state index in [4.69, 9.17) is 28.5 Å². The third-order valence-electron chi connectivity index (χ3n) is 7.86. The van der Waals surface area contributed by atoms with Crippen LogP contribution >= 0.6 is 0 Å².